The number of hydrogen-bond acceptors (Lipinski definition) is 5. The van der Waals surface area contributed by atoms with Crippen molar-refractivity contribution in [2.75, 3.05) is 65.2 Å². The van der Waals surface area contributed by atoms with E-state index in [1.807, 2.05) is 4.90 Å². The van der Waals surface area contributed by atoms with E-state index in [1.54, 1.807) is 34.1 Å². The zero-order valence-corrected chi connectivity index (χ0v) is 17.5. The van der Waals surface area contributed by atoms with E-state index in [-0.39, 0.29) is 18.4 Å². The van der Waals surface area contributed by atoms with Gasteiger partial charge in [-0.3, -0.25) is 14.5 Å². The molecule has 8 nitrogen and oxygen atoms in total. The largest absolute Gasteiger partial charge is 0.339 e. The van der Waals surface area contributed by atoms with Crippen LogP contribution in [0.15, 0.2) is 24.3 Å². The van der Waals surface area contributed by atoms with Crippen LogP contribution in [-0.4, -0.2) is 104 Å². The molecule has 1 aromatic carbocycles. The molecule has 2 saturated heterocycles. The number of amides is 2. The van der Waals surface area contributed by atoms with Gasteiger partial charge < -0.3 is 9.80 Å². The van der Waals surface area contributed by atoms with Gasteiger partial charge in [-0.25, -0.2) is 8.42 Å². The van der Waals surface area contributed by atoms with Crippen molar-refractivity contribution in [3.8, 4) is 0 Å². The van der Waals surface area contributed by atoms with E-state index in [9.17, 15) is 18.0 Å². The summed E-state index contributed by atoms with van der Waals surface area (Å²) in [7, 11) is -3.20. The molecule has 0 N–H and O–H groups in total. The molecule has 0 bridgehead atoms. The van der Waals surface area contributed by atoms with Crippen molar-refractivity contribution in [1.82, 2.24) is 19.0 Å². The minimum absolute atomic E-state index is 0.00256. The summed E-state index contributed by atoms with van der Waals surface area (Å²) in [6.45, 7) is 4.17. The van der Waals surface area contributed by atoms with Crippen LogP contribution in [0.3, 0.4) is 0 Å². The van der Waals surface area contributed by atoms with Gasteiger partial charge in [0.1, 0.15) is 0 Å². The van der Waals surface area contributed by atoms with Crippen molar-refractivity contribution in [2.45, 2.75) is 0 Å². The number of hydrogen-bond donors (Lipinski definition) is 0. The molecule has 0 saturated carbocycles. The smallest absolute Gasteiger partial charge is 0.253 e. The van der Waals surface area contributed by atoms with Crippen LogP contribution in [0.5, 0.6) is 0 Å². The Morgan fingerprint density at radius 2 is 1.57 bits per heavy atom. The fraction of sp³-hybridized carbons (Fsp3) is 0.556. The highest BCUT2D eigenvalue weighted by molar-refractivity contribution is 7.88. The van der Waals surface area contributed by atoms with E-state index in [1.165, 1.54) is 10.6 Å². The Hall–Kier alpha value is -1.68. The van der Waals surface area contributed by atoms with Crippen molar-refractivity contribution < 1.29 is 18.0 Å². The van der Waals surface area contributed by atoms with Crippen LogP contribution in [0.4, 0.5) is 0 Å². The van der Waals surface area contributed by atoms with Crippen molar-refractivity contribution in [3.63, 3.8) is 0 Å². The van der Waals surface area contributed by atoms with E-state index in [0.29, 0.717) is 62.9 Å². The van der Waals surface area contributed by atoms with Gasteiger partial charge in [0.25, 0.3) is 5.91 Å². The Balaban J connectivity index is 1.45. The van der Waals surface area contributed by atoms with Gasteiger partial charge >= 0.3 is 0 Å². The first-order chi connectivity index (χ1) is 13.2. The van der Waals surface area contributed by atoms with E-state index >= 15 is 0 Å². The van der Waals surface area contributed by atoms with Crippen LogP contribution in [0.2, 0.25) is 5.02 Å². The van der Waals surface area contributed by atoms with Gasteiger partial charge in [-0.05, 0) is 18.2 Å². The Morgan fingerprint density at radius 1 is 0.964 bits per heavy atom. The maximum Gasteiger partial charge on any atom is 0.253 e. The fourth-order valence-electron chi connectivity index (χ4n) is 3.47. The molecule has 2 aliphatic heterocycles. The molecule has 0 atom stereocenters. The minimum Gasteiger partial charge on any atom is -0.339 e. The molecule has 154 valence electrons. The van der Waals surface area contributed by atoms with Gasteiger partial charge in [0.2, 0.25) is 15.9 Å². The van der Waals surface area contributed by atoms with Crippen molar-refractivity contribution in [1.29, 1.82) is 0 Å². The first kappa shape index (κ1) is 21.0. The topological polar surface area (TPSA) is 81.2 Å². The molecular weight excluding hydrogens is 404 g/mol. The predicted molar refractivity (Wildman–Crippen MR) is 107 cm³/mol. The zero-order valence-electron chi connectivity index (χ0n) is 15.9. The number of rotatable bonds is 4. The lowest BCUT2D eigenvalue weighted by Gasteiger charge is -2.37. The minimum atomic E-state index is -3.20. The number of benzene rings is 1. The quantitative estimate of drug-likeness (QED) is 0.684. The van der Waals surface area contributed by atoms with Crippen LogP contribution in [0.25, 0.3) is 0 Å². The van der Waals surface area contributed by atoms with E-state index < -0.39 is 10.0 Å². The van der Waals surface area contributed by atoms with Gasteiger partial charge in [-0.2, -0.15) is 4.31 Å². The lowest BCUT2D eigenvalue weighted by atomic mass is 10.2. The average molecular weight is 429 g/mol. The molecule has 0 radical (unpaired) electrons. The third-order valence-corrected chi connectivity index (χ3v) is 6.69. The highest BCUT2D eigenvalue weighted by Gasteiger charge is 2.28. The van der Waals surface area contributed by atoms with Gasteiger partial charge in [0.15, 0.2) is 0 Å². The molecule has 2 fully saturated rings. The first-order valence-electron chi connectivity index (χ1n) is 9.24. The summed E-state index contributed by atoms with van der Waals surface area (Å²) in [6.07, 6.45) is 1.19. The summed E-state index contributed by atoms with van der Waals surface area (Å²) < 4.78 is 24.5. The predicted octanol–water partition coefficient (Wildman–Crippen LogP) is 0.202. The summed E-state index contributed by atoms with van der Waals surface area (Å²) in [5.41, 5.74) is 0.570. The second-order valence-corrected chi connectivity index (χ2v) is 9.54. The van der Waals surface area contributed by atoms with Crippen molar-refractivity contribution in [2.24, 2.45) is 0 Å². The second-order valence-electron chi connectivity index (χ2n) is 7.12. The SMILES string of the molecule is CS(=O)(=O)N1CCN(C(=O)CN2CCN(C(=O)c3cccc(Cl)c3)CC2)CC1. The van der Waals surface area contributed by atoms with Crippen LogP contribution < -0.4 is 0 Å². The van der Waals surface area contributed by atoms with Crippen LogP contribution in [0.1, 0.15) is 10.4 Å². The lowest BCUT2D eigenvalue weighted by Crippen LogP contribution is -2.55. The molecule has 0 aliphatic carbocycles. The zero-order chi connectivity index (χ0) is 20.3. The summed E-state index contributed by atoms with van der Waals surface area (Å²) in [5.74, 6) is -0.0480. The number of piperazine rings is 2. The molecule has 0 aromatic heterocycles. The maximum atomic E-state index is 12.6. The van der Waals surface area contributed by atoms with E-state index in [4.69, 9.17) is 11.6 Å². The maximum absolute atomic E-state index is 12.6. The molecule has 0 spiro atoms. The van der Waals surface area contributed by atoms with Gasteiger partial charge in [0.05, 0.1) is 12.8 Å². The molecule has 10 heteroatoms. The van der Waals surface area contributed by atoms with E-state index in [2.05, 4.69) is 0 Å². The van der Waals surface area contributed by atoms with Gasteiger partial charge in [-0.1, -0.05) is 17.7 Å². The molecular formula is C18H25ClN4O4S. The average Bonchev–Trinajstić information content (AvgIpc) is 2.67. The summed E-state index contributed by atoms with van der Waals surface area (Å²) in [5, 5.41) is 0.533. The fourth-order valence-corrected chi connectivity index (χ4v) is 4.49. The third-order valence-electron chi connectivity index (χ3n) is 5.15. The number of carbonyl (C=O) groups excluding carboxylic acids is 2. The highest BCUT2D eigenvalue weighted by atomic mass is 35.5. The summed E-state index contributed by atoms with van der Waals surface area (Å²) in [6, 6.07) is 6.90. The van der Waals surface area contributed by atoms with Crippen LogP contribution in [-0.2, 0) is 14.8 Å². The molecule has 3 rings (SSSR count). The first-order valence-corrected chi connectivity index (χ1v) is 11.5. The van der Waals surface area contributed by atoms with Crippen LogP contribution in [0, 0.1) is 0 Å². The number of halogens is 1. The van der Waals surface area contributed by atoms with Crippen LogP contribution >= 0.6 is 11.6 Å². The number of sulfonamides is 1. The van der Waals surface area contributed by atoms with Crippen molar-refractivity contribution in [3.05, 3.63) is 34.9 Å². The molecule has 0 unspecified atom stereocenters. The monoisotopic (exact) mass is 428 g/mol. The standard InChI is InChI=1S/C18H25ClN4O4S/c1-28(26,27)23-11-9-21(10-12-23)17(24)14-20-5-7-22(8-6-20)18(25)15-3-2-4-16(19)13-15/h2-4,13H,5-12,14H2,1H3. The molecule has 2 aliphatic rings. The van der Waals surface area contributed by atoms with Gasteiger partial charge in [0, 0.05) is 62.9 Å². The molecule has 2 amide bonds. The highest BCUT2D eigenvalue weighted by Crippen LogP contribution is 2.14. The molecule has 2 heterocycles. The summed E-state index contributed by atoms with van der Waals surface area (Å²) in [4.78, 5) is 30.6. The Labute approximate surface area is 170 Å². The lowest BCUT2D eigenvalue weighted by molar-refractivity contribution is -0.133. The Morgan fingerprint density at radius 3 is 2.14 bits per heavy atom. The third kappa shape index (κ3) is 5.22. The normalized spacial score (nSPS) is 19.6. The second kappa shape index (κ2) is 8.77. The van der Waals surface area contributed by atoms with Gasteiger partial charge in [-0.15, -0.1) is 0 Å². The number of carbonyl (C=O) groups is 2. The number of nitrogens with zero attached hydrogens (tertiary/aromatic N) is 4. The Bertz CT molecular complexity index is 832. The van der Waals surface area contributed by atoms with Crippen molar-refractivity contribution >= 4 is 33.4 Å². The summed E-state index contributed by atoms with van der Waals surface area (Å²) >= 11 is 5.96. The molecule has 28 heavy (non-hydrogen) atoms. The van der Waals surface area contributed by atoms with E-state index in [0.717, 1.165) is 0 Å². The molecule has 1 aromatic rings. The Kier molecular flexibility index (Phi) is 6.59.